The molecule has 0 bridgehead atoms. The Morgan fingerprint density at radius 3 is 2.21 bits per heavy atom. The van der Waals surface area contributed by atoms with Gasteiger partial charge >= 0.3 is 0 Å². The average Bonchev–Trinajstić information content (AvgIpc) is 2.68. The molecule has 0 spiro atoms. The Kier molecular flexibility index (Phi) is 5.82. The van der Waals surface area contributed by atoms with Crippen molar-refractivity contribution >= 4 is 37.3 Å². The number of piperidine rings is 1. The van der Waals surface area contributed by atoms with Gasteiger partial charge in [0.25, 0.3) is 10.0 Å². The number of amides is 1. The fourth-order valence-corrected chi connectivity index (χ4v) is 5.02. The maximum Gasteiger partial charge on any atom is 0.262 e. The van der Waals surface area contributed by atoms with E-state index in [4.69, 9.17) is 10.9 Å². The first kappa shape index (κ1) is 21.1. The second-order valence-corrected chi connectivity index (χ2v) is 10.1. The van der Waals surface area contributed by atoms with E-state index in [1.54, 1.807) is 24.3 Å². The lowest BCUT2D eigenvalue weighted by molar-refractivity contribution is -0.122. The number of primary sulfonamides is 1. The number of sulfonamides is 2. The molecule has 156 valence electrons. The molecule has 0 unspecified atom stereocenters. The molecular formula is C18H22N4O5S2. The van der Waals surface area contributed by atoms with Gasteiger partial charge in [0.05, 0.1) is 21.2 Å². The van der Waals surface area contributed by atoms with Gasteiger partial charge in [0, 0.05) is 19.0 Å². The molecule has 0 aliphatic carbocycles. The zero-order valence-corrected chi connectivity index (χ0v) is 17.1. The topological polar surface area (TPSA) is 153 Å². The van der Waals surface area contributed by atoms with Gasteiger partial charge in [-0.15, -0.1) is 0 Å². The van der Waals surface area contributed by atoms with E-state index in [1.807, 2.05) is 4.90 Å². The normalized spacial score (nSPS) is 15.8. The lowest BCUT2D eigenvalue weighted by Crippen LogP contribution is -2.38. The summed E-state index contributed by atoms with van der Waals surface area (Å²) < 4.78 is 51.2. The Hall–Kier alpha value is -2.63. The van der Waals surface area contributed by atoms with Gasteiger partial charge in [-0.1, -0.05) is 18.2 Å². The van der Waals surface area contributed by atoms with Crippen molar-refractivity contribution in [3.8, 4) is 0 Å². The van der Waals surface area contributed by atoms with Gasteiger partial charge in [0.15, 0.2) is 0 Å². The number of hydrogen-bond donors (Lipinski definition) is 3. The van der Waals surface area contributed by atoms with Crippen LogP contribution in [0.4, 0.5) is 11.4 Å². The van der Waals surface area contributed by atoms with Crippen molar-refractivity contribution in [2.24, 2.45) is 16.8 Å². The van der Waals surface area contributed by atoms with Crippen molar-refractivity contribution in [1.29, 1.82) is 0 Å². The Morgan fingerprint density at radius 1 is 0.966 bits per heavy atom. The molecule has 1 saturated heterocycles. The molecule has 9 nitrogen and oxygen atoms in total. The first-order chi connectivity index (χ1) is 13.6. The van der Waals surface area contributed by atoms with Crippen LogP contribution in [0.3, 0.4) is 0 Å². The molecule has 1 fully saturated rings. The summed E-state index contributed by atoms with van der Waals surface area (Å²) in [4.78, 5) is 12.8. The third-order valence-corrected chi connectivity index (χ3v) is 7.10. The van der Waals surface area contributed by atoms with Crippen LogP contribution in [-0.2, 0) is 24.8 Å². The van der Waals surface area contributed by atoms with Crippen LogP contribution in [-0.4, -0.2) is 35.8 Å². The van der Waals surface area contributed by atoms with Crippen molar-refractivity contribution in [3.63, 3.8) is 0 Å². The number of rotatable bonds is 6. The highest BCUT2D eigenvalue weighted by Gasteiger charge is 2.25. The van der Waals surface area contributed by atoms with Crippen LogP contribution in [0.1, 0.15) is 12.8 Å². The van der Waals surface area contributed by atoms with Gasteiger partial charge in [-0.05, 0) is 43.2 Å². The van der Waals surface area contributed by atoms with Crippen LogP contribution in [0.25, 0.3) is 0 Å². The van der Waals surface area contributed by atoms with Gasteiger partial charge in [0.2, 0.25) is 15.9 Å². The van der Waals surface area contributed by atoms with Gasteiger partial charge < -0.3 is 10.6 Å². The molecule has 2 aromatic carbocycles. The maximum atomic E-state index is 12.8. The zero-order valence-electron chi connectivity index (χ0n) is 15.5. The van der Waals surface area contributed by atoms with E-state index < -0.39 is 20.0 Å². The van der Waals surface area contributed by atoms with Crippen LogP contribution in [0, 0.1) is 5.92 Å². The van der Waals surface area contributed by atoms with Gasteiger partial charge in [-0.2, -0.15) is 0 Å². The minimum atomic E-state index is -4.05. The minimum absolute atomic E-state index is 0.184. The number of primary amides is 1. The maximum absolute atomic E-state index is 12.8. The van der Waals surface area contributed by atoms with Crippen LogP contribution in [0.15, 0.2) is 58.3 Å². The number of nitrogens with one attached hydrogen (secondary N) is 1. The summed E-state index contributed by atoms with van der Waals surface area (Å²) in [5.41, 5.74) is 6.39. The molecule has 1 heterocycles. The second-order valence-electron chi connectivity index (χ2n) is 6.81. The average molecular weight is 439 g/mol. The number of para-hydroxylation sites is 2. The van der Waals surface area contributed by atoms with E-state index in [1.165, 1.54) is 18.2 Å². The Labute approximate surface area is 169 Å². The van der Waals surface area contributed by atoms with E-state index >= 15 is 0 Å². The third kappa shape index (κ3) is 4.86. The highest BCUT2D eigenvalue weighted by atomic mass is 32.2. The smallest absolute Gasteiger partial charge is 0.262 e. The third-order valence-electron chi connectivity index (χ3n) is 4.83. The molecule has 3 rings (SSSR count). The number of carbonyl (C=O) groups is 1. The minimum Gasteiger partial charge on any atom is -0.370 e. The predicted octanol–water partition coefficient (Wildman–Crippen LogP) is 0.836. The van der Waals surface area contributed by atoms with Crippen LogP contribution >= 0.6 is 0 Å². The summed E-state index contributed by atoms with van der Waals surface area (Å²) in [6.45, 7) is 1.13. The molecule has 0 radical (unpaired) electrons. The Morgan fingerprint density at radius 2 is 1.59 bits per heavy atom. The molecule has 0 atom stereocenters. The molecule has 5 N–H and O–H groups in total. The first-order valence-corrected chi connectivity index (χ1v) is 11.9. The summed E-state index contributed by atoms with van der Waals surface area (Å²) in [6, 6.07) is 11.7. The Bertz CT molecular complexity index is 1120. The van der Waals surface area contributed by atoms with E-state index in [9.17, 15) is 21.6 Å². The predicted molar refractivity (Wildman–Crippen MR) is 109 cm³/mol. The first-order valence-electron chi connectivity index (χ1n) is 8.87. The summed E-state index contributed by atoms with van der Waals surface area (Å²) >= 11 is 0. The number of hydrogen-bond acceptors (Lipinski definition) is 6. The van der Waals surface area contributed by atoms with Gasteiger partial charge in [0.1, 0.15) is 0 Å². The van der Waals surface area contributed by atoms with Crippen LogP contribution in [0.5, 0.6) is 0 Å². The number of nitrogens with two attached hydrogens (primary N) is 2. The SMILES string of the molecule is NC(=O)C1CCN(c2ccccc2NS(=O)(=O)c2cccc(S(N)(=O)=O)c2)CC1. The summed E-state index contributed by atoms with van der Waals surface area (Å²) in [5.74, 6) is -0.510. The van der Waals surface area contributed by atoms with Crippen molar-refractivity contribution in [1.82, 2.24) is 0 Å². The molecular weight excluding hydrogens is 416 g/mol. The summed E-state index contributed by atoms with van der Waals surface area (Å²) in [6.07, 6.45) is 1.18. The highest BCUT2D eigenvalue weighted by Crippen LogP contribution is 2.31. The molecule has 11 heteroatoms. The lowest BCUT2D eigenvalue weighted by Gasteiger charge is -2.33. The molecule has 0 aromatic heterocycles. The molecule has 0 saturated carbocycles. The van der Waals surface area contributed by atoms with Gasteiger partial charge in [-0.3, -0.25) is 9.52 Å². The van der Waals surface area contributed by atoms with E-state index in [0.29, 0.717) is 37.3 Å². The van der Waals surface area contributed by atoms with Crippen molar-refractivity contribution in [2.45, 2.75) is 22.6 Å². The highest BCUT2D eigenvalue weighted by molar-refractivity contribution is 7.93. The molecule has 1 amide bonds. The fraction of sp³-hybridized carbons (Fsp3) is 0.278. The lowest BCUT2D eigenvalue weighted by atomic mass is 9.96. The van der Waals surface area contributed by atoms with Crippen LogP contribution < -0.4 is 20.5 Å². The second kappa shape index (κ2) is 8.01. The van der Waals surface area contributed by atoms with E-state index in [2.05, 4.69) is 4.72 Å². The molecule has 29 heavy (non-hydrogen) atoms. The van der Waals surface area contributed by atoms with Gasteiger partial charge in [-0.25, -0.2) is 22.0 Å². The fourth-order valence-electron chi connectivity index (χ4n) is 3.26. The number of carbonyl (C=O) groups excluding carboxylic acids is 1. The standard InChI is InChI=1S/C18H22N4O5S2/c19-18(23)13-8-10-22(11-9-13)17-7-2-1-6-16(17)21-29(26,27)15-5-3-4-14(12-15)28(20,24)25/h1-7,12-13,21H,8-11H2,(H2,19,23)(H2,20,24,25). The van der Waals surface area contributed by atoms with E-state index in [0.717, 1.165) is 6.07 Å². The summed E-state index contributed by atoms with van der Waals surface area (Å²) in [5, 5.41) is 5.09. The van der Waals surface area contributed by atoms with Crippen LogP contribution in [0.2, 0.25) is 0 Å². The largest absolute Gasteiger partial charge is 0.370 e. The quantitative estimate of drug-likeness (QED) is 0.607. The summed E-state index contributed by atoms with van der Waals surface area (Å²) in [7, 11) is -8.09. The number of nitrogens with zero attached hydrogens (tertiary/aromatic N) is 1. The van der Waals surface area contributed by atoms with E-state index in [-0.39, 0.29) is 21.6 Å². The molecule has 1 aliphatic rings. The van der Waals surface area contributed by atoms with Crippen molar-refractivity contribution in [2.75, 3.05) is 22.7 Å². The molecule has 1 aliphatic heterocycles. The van der Waals surface area contributed by atoms with Crippen molar-refractivity contribution < 1.29 is 21.6 Å². The Balaban J connectivity index is 1.87. The molecule has 2 aromatic rings. The van der Waals surface area contributed by atoms with Crippen molar-refractivity contribution in [3.05, 3.63) is 48.5 Å². The number of benzene rings is 2. The zero-order chi connectivity index (χ0) is 21.2. The monoisotopic (exact) mass is 438 g/mol. The number of anilines is 2.